The van der Waals surface area contributed by atoms with E-state index in [1.807, 2.05) is 0 Å². The van der Waals surface area contributed by atoms with Gasteiger partial charge in [-0.15, -0.1) is 0 Å². The van der Waals surface area contributed by atoms with Crippen LogP contribution in [0.15, 0.2) is 65.2 Å². The molecule has 0 aromatic heterocycles. The third-order valence-corrected chi connectivity index (χ3v) is 6.91. The van der Waals surface area contributed by atoms with Crippen LogP contribution in [-0.4, -0.2) is 37.7 Å². The molecule has 30 heavy (non-hydrogen) atoms. The van der Waals surface area contributed by atoms with Crippen LogP contribution in [0.5, 0.6) is 0 Å². The summed E-state index contributed by atoms with van der Waals surface area (Å²) in [5.74, 6) is 2.11. The Morgan fingerprint density at radius 2 is 1.80 bits per heavy atom. The van der Waals surface area contributed by atoms with E-state index in [-0.39, 0.29) is 22.9 Å². The predicted octanol–water partition coefficient (Wildman–Crippen LogP) is 4.35. The SMILES string of the molecule is COC1=C2C(Cc3ccccc3)NC[C@@H]2[C@@](C)(C2=NC(C)(C)CO2)c2ccccc21. The zero-order valence-electron chi connectivity index (χ0n) is 18.2. The van der Waals surface area contributed by atoms with Crippen molar-refractivity contribution in [3.05, 3.63) is 76.9 Å². The van der Waals surface area contributed by atoms with Gasteiger partial charge in [-0.25, -0.2) is 4.99 Å². The molecule has 0 saturated carbocycles. The topological polar surface area (TPSA) is 42.8 Å². The van der Waals surface area contributed by atoms with Crippen molar-refractivity contribution in [2.75, 3.05) is 20.3 Å². The van der Waals surface area contributed by atoms with Gasteiger partial charge in [0.05, 0.1) is 18.1 Å². The molecule has 156 valence electrons. The number of nitrogens with one attached hydrogen (secondary N) is 1. The fraction of sp³-hybridized carbons (Fsp3) is 0.423. The third kappa shape index (κ3) is 2.89. The molecular weight excluding hydrogens is 372 g/mol. The van der Waals surface area contributed by atoms with Crippen molar-refractivity contribution in [2.45, 2.75) is 44.2 Å². The van der Waals surface area contributed by atoms with E-state index in [0.717, 1.165) is 30.2 Å². The van der Waals surface area contributed by atoms with Crippen molar-refractivity contribution in [3.63, 3.8) is 0 Å². The highest BCUT2D eigenvalue weighted by atomic mass is 16.5. The number of rotatable bonds is 4. The molecule has 0 amide bonds. The van der Waals surface area contributed by atoms with Crippen LogP contribution in [0.4, 0.5) is 0 Å². The van der Waals surface area contributed by atoms with Crippen molar-refractivity contribution in [1.82, 2.24) is 5.32 Å². The maximum Gasteiger partial charge on any atom is 0.195 e. The summed E-state index contributed by atoms with van der Waals surface area (Å²) in [4.78, 5) is 5.04. The summed E-state index contributed by atoms with van der Waals surface area (Å²) < 4.78 is 12.3. The Labute approximate surface area is 179 Å². The van der Waals surface area contributed by atoms with Crippen LogP contribution in [0.2, 0.25) is 0 Å². The standard InChI is InChI=1S/C26H30N2O2/c1-25(2)16-30-24(28-25)26(3)19-13-9-8-12-18(19)23(29-4)22-20(26)15-27-21(22)14-17-10-6-5-7-11-17/h5-13,20-21,27H,14-16H2,1-4H3/t20-,21?,26-/m0/s1. The molecule has 0 spiro atoms. The molecule has 4 nitrogen and oxygen atoms in total. The molecule has 3 aliphatic rings. The molecule has 1 aliphatic carbocycles. The fourth-order valence-corrected chi connectivity index (χ4v) is 5.41. The molecule has 2 heterocycles. The summed E-state index contributed by atoms with van der Waals surface area (Å²) in [5.41, 5.74) is 4.57. The first-order chi connectivity index (χ1) is 14.4. The minimum Gasteiger partial charge on any atom is -0.496 e. The Morgan fingerprint density at radius 3 is 2.50 bits per heavy atom. The van der Waals surface area contributed by atoms with Gasteiger partial charge in [-0.3, -0.25) is 0 Å². The monoisotopic (exact) mass is 402 g/mol. The minimum atomic E-state index is -0.319. The summed E-state index contributed by atoms with van der Waals surface area (Å²) in [5, 5.41) is 3.80. The quantitative estimate of drug-likeness (QED) is 0.827. The van der Waals surface area contributed by atoms with E-state index < -0.39 is 0 Å². The fourth-order valence-electron chi connectivity index (χ4n) is 5.41. The molecule has 1 unspecified atom stereocenters. The lowest BCUT2D eigenvalue weighted by molar-refractivity contribution is 0.248. The van der Waals surface area contributed by atoms with E-state index in [0.29, 0.717) is 6.61 Å². The molecule has 0 bridgehead atoms. The van der Waals surface area contributed by atoms with Gasteiger partial charge in [-0.1, -0.05) is 54.6 Å². The Bertz CT molecular complexity index is 1020. The van der Waals surface area contributed by atoms with E-state index in [2.05, 4.69) is 80.7 Å². The van der Waals surface area contributed by atoms with E-state index in [9.17, 15) is 0 Å². The second kappa shape index (κ2) is 6.98. The van der Waals surface area contributed by atoms with Crippen LogP contribution < -0.4 is 5.32 Å². The molecule has 4 heteroatoms. The van der Waals surface area contributed by atoms with Gasteiger partial charge >= 0.3 is 0 Å². The lowest BCUT2D eigenvalue weighted by Gasteiger charge is -2.41. The van der Waals surface area contributed by atoms with E-state index in [4.69, 9.17) is 14.5 Å². The Balaban J connectivity index is 1.66. The van der Waals surface area contributed by atoms with Crippen LogP contribution >= 0.6 is 0 Å². The highest BCUT2D eigenvalue weighted by molar-refractivity contribution is 5.94. The summed E-state index contributed by atoms with van der Waals surface area (Å²) in [6.45, 7) is 8.09. The van der Waals surface area contributed by atoms with Crippen molar-refractivity contribution in [1.29, 1.82) is 0 Å². The molecule has 2 aromatic carbocycles. The number of aliphatic imine (C=N–C) groups is 1. The van der Waals surface area contributed by atoms with Gasteiger partial charge in [-0.2, -0.15) is 0 Å². The van der Waals surface area contributed by atoms with Gasteiger partial charge in [0.25, 0.3) is 0 Å². The Hall–Kier alpha value is -2.59. The van der Waals surface area contributed by atoms with Crippen molar-refractivity contribution >= 4 is 11.7 Å². The lowest BCUT2D eigenvalue weighted by Crippen LogP contribution is -2.45. The lowest BCUT2D eigenvalue weighted by atomic mass is 9.63. The third-order valence-electron chi connectivity index (χ3n) is 6.91. The highest BCUT2D eigenvalue weighted by Gasteiger charge is 2.55. The van der Waals surface area contributed by atoms with Crippen LogP contribution in [-0.2, 0) is 21.3 Å². The Morgan fingerprint density at radius 1 is 1.07 bits per heavy atom. The van der Waals surface area contributed by atoms with Crippen molar-refractivity contribution < 1.29 is 9.47 Å². The number of ether oxygens (including phenoxy) is 2. The second-order valence-corrected chi connectivity index (χ2v) is 9.46. The first kappa shape index (κ1) is 19.4. The summed E-state index contributed by atoms with van der Waals surface area (Å²) in [7, 11) is 1.80. The average Bonchev–Trinajstić information content (AvgIpc) is 3.33. The maximum atomic E-state index is 6.26. The van der Waals surface area contributed by atoms with Gasteiger partial charge in [0.15, 0.2) is 5.90 Å². The normalized spacial score (nSPS) is 29.1. The average molecular weight is 403 g/mol. The zero-order chi connectivity index (χ0) is 20.9. The molecule has 2 aromatic rings. The molecule has 5 rings (SSSR count). The van der Waals surface area contributed by atoms with Crippen LogP contribution in [0, 0.1) is 5.92 Å². The smallest absolute Gasteiger partial charge is 0.195 e. The number of benzene rings is 2. The summed E-state index contributed by atoms with van der Waals surface area (Å²) in [6.07, 6.45) is 0.941. The number of nitrogens with zero attached hydrogens (tertiary/aromatic N) is 1. The van der Waals surface area contributed by atoms with Crippen LogP contribution in [0.25, 0.3) is 5.76 Å². The molecule has 2 aliphatic heterocycles. The van der Waals surface area contributed by atoms with Crippen molar-refractivity contribution in [2.24, 2.45) is 10.9 Å². The highest BCUT2D eigenvalue weighted by Crippen LogP contribution is 2.52. The van der Waals surface area contributed by atoms with Gasteiger partial charge in [-0.05, 0) is 43.9 Å². The second-order valence-electron chi connectivity index (χ2n) is 9.46. The van der Waals surface area contributed by atoms with E-state index >= 15 is 0 Å². The van der Waals surface area contributed by atoms with E-state index in [1.54, 1.807) is 7.11 Å². The molecule has 1 saturated heterocycles. The minimum absolute atomic E-state index is 0.186. The van der Waals surface area contributed by atoms with Gasteiger partial charge < -0.3 is 14.8 Å². The predicted molar refractivity (Wildman–Crippen MR) is 121 cm³/mol. The molecular formula is C26H30N2O2. The number of hydrogen-bond donors (Lipinski definition) is 1. The Kier molecular flexibility index (Phi) is 4.51. The molecule has 0 radical (unpaired) electrons. The largest absolute Gasteiger partial charge is 0.496 e. The first-order valence-electron chi connectivity index (χ1n) is 10.8. The van der Waals surface area contributed by atoms with Gasteiger partial charge in [0.2, 0.25) is 0 Å². The van der Waals surface area contributed by atoms with Gasteiger partial charge in [0.1, 0.15) is 12.4 Å². The van der Waals surface area contributed by atoms with Crippen LogP contribution in [0.3, 0.4) is 0 Å². The molecule has 1 N–H and O–H groups in total. The number of methoxy groups -OCH3 is 1. The number of hydrogen-bond acceptors (Lipinski definition) is 4. The van der Waals surface area contributed by atoms with Crippen molar-refractivity contribution in [3.8, 4) is 0 Å². The molecule has 3 atom stereocenters. The summed E-state index contributed by atoms with van der Waals surface area (Å²) >= 11 is 0. The first-order valence-corrected chi connectivity index (χ1v) is 10.8. The van der Waals surface area contributed by atoms with Gasteiger partial charge in [0, 0.05) is 24.1 Å². The maximum absolute atomic E-state index is 6.26. The number of fused-ring (bicyclic) bond motifs is 2. The summed E-state index contributed by atoms with van der Waals surface area (Å²) in [6, 6.07) is 19.5. The molecule has 1 fully saturated rings. The van der Waals surface area contributed by atoms with Crippen LogP contribution in [0.1, 0.15) is 37.5 Å². The van der Waals surface area contributed by atoms with E-state index in [1.165, 1.54) is 16.7 Å². The zero-order valence-corrected chi connectivity index (χ0v) is 18.2.